The van der Waals surface area contributed by atoms with Gasteiger partial charge in [0.2, 0.25) is 0 Å². The van der Waals surface area contributed by atoms with Crippen LogP contribution in [-0.4, -0.2) is 38.2 Å². The number of hydrogen-bond donors (Lipinski definition) is 2. The second kappa shape index (κ2) is 7.44. The molecule has 1 unspecified atom stereocenters. The van der Waals surface area contributed by atoms with Gasteiger partial charge in [0.1, 0.15) is 5.82 Å². The van der Waals surface area contributed by atoms with E-state index in [0.29, 0.717) is 6.61 Å². The third-order valence-corrected chi connectivity index (χ3v) is 2.39. The molecule has 0 heterocycles. The second-order valence-electron chi connectivity index (χ2n) is 4.23. The molecule has 0 aromatic heterocycles. The highest BCUT2D eigenvalue weighted by Crippen LogP contribution is 2.14. The average molecular weight is 284 g/mol. The molecule has 1 amide bonds. The Kier molecular flexibility index (Phi) is 5.92. The van der Waals surface area contributed by atoms with E-state index in [9.17, 15) is 14.0 Å². The average Bonchev–Trinajstić information content (AvgIpc) is 2.39. The van der Waals surface area contributed by atoms with Crippen LogP contribution in [0.2, 0.25) is 0 Å². The number of methoxy groups -OCH3 is 1. The van der Waals surface area contributed by atoms with Crippen LogP contribution in [0.5, 0.6) is 0 Å². The molecule has 0 aliphatic carbocycles. The number of benzene rings is 1. The first kappa shape index (κ1) is 15.9. The van der Waals surface area contributed by atoms with E-state index in [4.69, 9.17) is 15.2 Å². The van der Waals surface area contributed by atoms with Crippen molar-refractivity contribution in [2.45, 2.75) is 13.0 Å². The van der Waals surface area contributed by atoms with Crippen LogP contribution in [0.3, 0.4) is 0 Å². The van der Waals surface area contributed by atoms with Gasteiger partial charge in [0, 0.05) is 18.8 Å². The summed E-state index contributed by atoms with van der Waals surface area (Å²) >= 11 is 0. The Hall–Kier alpha value is -2.15. The Morgan fingerprint density at radius 1 is 1.45 bits per heavy atom. The topological polar surface area (TPSA) is 90.6 Å². The zero-order chi connectivity index (χ0) is 15.1. The van der Waals surface area contributed by atoms with Gasteiger partial charge < -0.3 is 20.5 Å². The first-order chi connectivity index (χ1) is 9.43. The van der Waals surface area contributed by atoms with Gasteiger partial charge in [0.25, 0.3) is 5.91 Å². The van der Waals surface area contributed by atoms with Crippen molar-refractivity contribution in [1.29, 1.82) is 0 Å². The van der Waals surface area contributed by atoms with Gasteiger partial charge in [-0.3, -0.25) is 4.79 Å². The summed E-state index contributed by atoms with van der Waals surface area (Å²) < 4.78 is 22.6. The van der Waals surface area contributed by atoms with E-state index < -0.39 is 24.3 Å². The lowest BCUT2D eigenvalue weighted by Crippen LogP contribution is -2.38. The second-order valence-corrected chi connectivity index (χ2v) is 4.23. The summed E-state index contributed by atoms with van der Waals surface area (Å²) in [5, 5.41) is 2.57. The fourth-order valence-electron chi connectivity index (χ4n) is 1.52. The quantitative estimate of drug-likeness (QED) is 0.593. The van der Waals surface area contributed by atoms with E-state index in [2.05, 4.69) is 5.32 Å². The normalized spacial score (nSPS) is 11.8. The van der Waals surface area contributed by atoms with Crippen molar-refractivity contribution >= 4 is 17.6 Å². The summed E-state index contributed by atoms with van der Waals surface area (Å²) in [6, 6.07) is 3.14. The van der Waals surface area contributed by atoms with Crippen LogP contribution < -0.4 is 11.1 Å². The van der Waals surface area contributed by atoms with Crippen molar-refractivity contribution in [3.05, 3.63) is 29.6 Å². The van der Waals surface area contributed by atoms with Crippen LogP contribution >= 0.6 is 0 Å². The summed E-state index contributed by atoms with van der Waals surface area (Å²) in [6.07, 6.45) is 0. The van der Waals surface area contributed by atoms with E-state index in [0.717, 1.165) is 12.1 Å². The highest BCUT2D eigenvalue weighted by molar-refractivity contribution is 5.96. The molecule has 0 radical (unpaired) electrons. The Balaban J connectivity index is 2.51. The van der Waals surface area contributed by atoms with Crippen LogP contribution in [0.4, 0.5) is 10.1 Å². The Morgan fingerprint density at radius 2 is 2.15 bits per heavy atom. The maximum Gasteiger partial charge on any atom is 0.340 e. The molecule has 0 spiro atoms. The highest BCUT2D eigenvalue weighted by atomic mass is 19.1. The number of carbonyl (C=O) groups is 2. The Morgan fingerprint density at radius 3 is 2.80 bits per heavy atom. The summed E-state index contributed by atoms with van der Waals surface area (Å²) in [5.41, 5.74) is 5.51. The summed E-state index contributed by atoms with van der Waals surface area (Å²) in [7, 11) is 1.51. The van der Waals surface area contributed by atoms with Gasteiger partial charge in [-0.15, -0.1) is 0 Å². The third kappa shape index (κ3) is 4.85. The molecule has 6 nitrogen and oxygen atoms in total. The van der Waals surface area contributed by atoms with Gasteiger partial charge in [0.05, 0.1) is 12.2 Å². The van der Waals surface area contributed by atoms with Crippen molar-refractivity contribution in [1.82, 2.24) is 5.32 Å². The largest absolute Gasteiger partial charge is 0.452 e. The van der Waals surface area contributed by atoms with Crippen molar-refractivity contribution in [2.24, 2.45) is 0 Å². The van der Waals surface area contributed by atoms with Crippen molar-refractivity contribution in [3.8, 4) is 0 Å². The number of esters is 1. The first-order valence-corrected chi connectivity index (χ1v) is 5.94. The number of nitrogen functional groups attached to an aromatic ring is 1. The third-order valence-electron chi connectivity index (χ3n) is 2.39. The molecule has 20 heavy (non-hydrogen) atoms. The minimum atomic E-state index is -0.850. The number of nitrogens with one attached hydrogen (secondary N) is 1. The minimum absolute atomic E-state index is 0.0876. The van der Waals surface area contributed by atoms with Gasteiger partial charge in [-0.1, -0.05) is 0 Å². The monoisotopic (exact) mass is 284 g/mol. The zero-order valence-corrected chi connectivity index (χ0v) is 11.3. The van der Waals surface area contributed by atoms with Crippen molar-refractivity contribution in [2.75, 3.05) is 26.1 Å². The SMILES string of the molecule is COCC(C)NC(=O)COC(=O)c1cc(F)ccc1N. The number of nitrogens with two attached hydrogens (primary N) is 1. The van der Waals surface area contributed by atoms with Gasteiger partial charge in [-0.2, -0.15) is 0 Å². The molecule has 0 aliphatic rings. The van der Waals surface area contributed by atoms with E-state index in [1.807, 2.05) is 0 Å². The summed E-state index contributed by atoms with van der Waals surface area (Å²) in [4.78, 5) is 23.1. The number of rotatable bonds is 6. The smallest absolute Gasteiger partial charge is 0.340 e. The van der Waals surface area contributed by atoms with Gasteiger partial charge in [-0.05, 0) is 25.1 Å². The van der Waals surface area contributed by atoms with Crippen molar-refractivity contribution in [3.63, 3.8) is 0 Å². The van der Waals surface area contributed by atoms with Crippen LogP contribution in [0.25, 0.3) is 0 Å². The molecule has 0 saturated carbocycles. The molecule has 0 fully saturated rings. The van der Waals surface area contributed by atoms with Crippen LogP contribution in [0.15, 0.2) is 18.2 Å². The molecule has 0 saturated heterocycles. The van der Waals surface area contributed by atoms with E-state index >= 15 is 0 Å². The van der Waals surface area contributed by atoms with Gasteiger partial charge in [0.15, 0.2) is 6.61 Å². The number of carbonyl (C=O) groups excluding carboxylic acids is 2. The van der Waals surface area contributed by atoms with Crippen LogP contribution in [0, 0.1) is 5.82 Å². The minimum Gasteiger partial charge on any atom is -0.452 e. The number of halogens is 1. The van der Waals surface area contributed by atoms with E-state index in [1.165, 1.54) is 13.2 Å². The lowest BCUT2D eigenvalue weighted by atomic mass is 10.2. The van der Waals surface area contributed by atoms with E-state index in [1.54, 1.807) is 6.92 Å². The fourth-order valence-corrected chi connectivity index (χ4v) is 1.52. The van der Waals surface area contributed by atoms with Crippen molar-refractivity contribution < 1.29 is 23.5 Å². The number of hydrogen-bond acceptors (Lipinski definition) is 5. The summed E-state index contributed by atoms with van der Waals surface area (Å²) in [5.74, 6) is -1.93. The first-order valence-electron chi connectivity index (χ1n) is 5.94. The molecule has 1 rings (SSSR count). The zero-order valence-electron chi connectivity index (χ0n) is 11.3. The predicted molar refractivity (Wildman–Crippen MR) is 70.6 cm³/mol. The molecule has 3 N–H and O–H groups in total. The number of anilines is 1. The molecular weight excluding hydrogens is 267 g/mol. The van der Waals surface area contributed by atoms with Crippen LogP contribution in [-0.2, 0) is 14.3 Å². The standard InChI is InChI=1S/C13H17FN2O4/c1-8(6-19-2)16-12(17)7-20-13(18)10-5-9(14)3-4-11(10)15/h3-5,8H,6-7,15H2,1-2H3,(H,16,17). The van der Waals surface area contributed by atoms with Gasteiger partial charge in [-0.25, -0.2) is 9.18 Å². The molecule has 7 heteroatoms. The molecule has 0 bridgehead atoms. The molecule has 1 atom stereocenters. The molecule has 0 aliphatic heterocycles. The fraction of sp³-hybridized carbons (Fsp3) is 0.385. The van der Waals surface area contributed by atoms with Crippen LogP contribution in [0.1, 0.15) is 17.3 Å². The lowest BCUT2D eigenvalue weighted by Gasteiger charge is -2.13. The maximum absolute atomic E-state index is 13.0. The molecule has 110 valence electrons. The maximum atomic E-state index is 13.0. The highest BCUT2D eigenvalue weighted by Gasteiger charge is 2.15. The van der Waals surface area contributed by atoms with E-state index in [-0.39, 0.29) is 17.3 Å². The predicted octanol–water partition coefficient (Wildman–Crippen LogP) is 0.716. The number of amides is 1. The van der Waals surface area contributed by atoms with Gasteiger partial charge >= 0.3 is 5.97 Å². The number of ether oxygens (including phenoxy) is 2. The lowest BCUT2D eigenvalue weighted by molar-refractivity contribution is -0.125. The summed E-state index contributed by atoms with van der Waals surface area (Å²) in [6.45, 7) is 1.62. The Labute approximate surface area is 116 Å². The molecule has 1 aromatic rings. The molecular formula is C13H17FN2O4. The molecule has 1 aromatic carbocycles. The Bertz CT molecular complexity index is 493.